The molecule has 2 aromatic heterocycles. The second-order valence-corrected chi connectivity index (χ2v) is 5.99. The van der Waals surface area contributed by atoms with Gasteiger partial charge in [0.1, 0.15) is 0 Å². The summed E-state index contributed by atoms with van der Waals surface area (Å²) >= 11 is 0. The SMILES string of the molecule is CN(C)c1cc2c(nn1)CCN(C(=O)CCc1ccncc1)C2. The van der Waals surface area contributed by atoms with Crippen LogP contribution in [0, 0.1) is 0 Å². The number of hydrogen-bond donors (Lipinski definition) is 0. The molecule has 0 saturated heterocycles. The molecule has 1 aliphatic heterocycles. The van der Waals surface area contributed by atoms with Crippen molar-refractivity contribution in [1.29, 1.82) is 0 Å². The summed E-state index contributed by atoms with van der Waals surface area (Å²) in [6, 6.07) is 5.94. The Labute approximate surface area is 136 Å². The Bertz CT molecular complexity index is 687. The van der Waals surface area contributed by atoms with Gasteiger partial charge in [0.25, 0.3) is 0 Å². The van der Waals surface area contributed by atoms with Crippen molar-refractivity contribution in [1.82, 2.24) is 20.1 Å². The number of carbonyl (C=O) groups is 1. The highest BCUT2D eigenvalue weighted by molar-refractivity contribution is 5.76. The maximum absolute atomic E-state index is 12.5. The molecule has 120 valence electrons. The third-order valence-corrected chi connectivity index (χ3v) is 4.11. The lowest BCUT2D eigenvalue weighted by Crippen LogP contribution is -2.36. The fourth-order valence-corrected chi connectivity index (χ4v) is 2.71. The van der Waals surface area contributed by atoms with E-state index < -0.39 is 0 Å². The molecular formula is C17H21N5O. The van der Waals surface area contributed by atoms with Crippen molar-refractivity contribution in [3.8, 4) is 0 Å². The van der Waals surface area contributed by atoms with E-state index in [1.165, 1.54) is 0 Å². The highest BCUT2D eigenvalue weighted by atomic mass is 16.2. The van der Waals surface area contributed by atoms with Gasteiger partial charge < -0.3 is 9.80 Å². The largest absolute Gasteiger partial charge is 0.361 e. The van der Waals surface area contributed by atoms with Crippen LogP contribution in [0.25, 0.3) is 0 Å². The van der Waals surface area contributed by atoms with E-state index >= 15 is 0 Å². The molecule has 0 atom stereocenters. The summed E-state index contributed by atoms with van der Waals surface area (Å²) in [4.78, 5) is 20.3. The third kappa shape index (κ3) is 3.64. The van der Waals surface area contributed by atoms with Crippen LogP contribution in [0.5, 0.6) is 0 Å². The molecule has 3 heterocycles. The van der Waals surface area contributed by atoms with Gasteiger partial charge in [0.2, 0.25) is 5.91 Å². The Kier molecular flexibility index (Phi) is 4.50. The first kappa shape index (κ1) is 15.4. The summed E-state index contributed by atoms with van der Waals surface area (Å²) in [7, 11) is 3.88. The number of anilines is 1. The van der Waals surface area contributed by atoms with Crippen molar-refractivity contribution in [2.45, 2.75) is 25.8 Å². The van der Waals surface area contributed by atoms with E-state index in [9.17, 15) is 4.79 Å². The van der Waals surface area contributed by atoms with Crippen molar-refractivity contribution in [3.63, 3.8) is 0 Å². The number of hydrogen-bond acceptors (Lipinski definition) is 5. The summed E-state index contributed by atoms with van der Waals surface area (Å²) in [6.07, 6.45) is 5.58. The summed E-state index contributed by atoms with van der Waals surface area (Å²) in [5.41, 5.74) is 3.26. The Hall–Kier alpha value is -2.50. The summed E-state index contributed by atoms with van der Waals surface area (Å²) in [6.45, 7) is 1.35. The van der Waals surface area contributed by atoms with E-state index in [0.717, 1.165) is 42.0 Å². The van der Waals surface area contributed by atoms with Crippen molar-refractivity contribution in [2.24, 2.45) is 0 Å². The summed E-state index contributed by atoms with van der Waals surface area (Å²) in [5, 5.41) is 8.50. The van der Waals surface area contributed by atoms with Crippen LogP contribution in [-0.2, 0) is 24.2 Å². The standard InChI is InChI=1S/C17H21N5O/c1-21(2)16-11-14-12-22(10-7-15(14)19-20-16)17(23)4-3-13-5-8-18-9-6-13/h5-6,8-9,11H,3-4,7,10,12H2,1-2H3. The Morgan fingerprint density at radius 3 is 2.78 bits per heavy atom. The molecule has 0 radical (unpaired) electrons. The molecule has 6 nitrogen and oxygen atoms in total. The average Bonchev–Trinajstić information content (AvgIpc) is 2.59. The van der Waals surface area contributed by atoms with Gasteiger partial charge in [-0.3, -0.25) is 9.78 Å². The van der Waals surface area contributed by atoms with Crippen LogP contribution in [-0.4, -0.2) is 46.6 Å². The Morgan fingerprint density at radius 2 is 2.04 bits per heavy atom. The number of amides is 1. The van der Waals surface area contributed by atoms with E-state index in [0.29, 0.717) is 13.0 Å². The first-order chi connectivity index (χ1) is 11.1. The van der Waals surface area contributed by atoms with Gasteiger partial charge >= 0.3 is 0 Å². The lowest BCUT2D eigenvalue weighted by Gasteiger charge is -2.28. The highest BCUT2D eigenvalue weighted by Crippen LogP contribution is 2.20. The van der Waals surface area contributed by atoms with Crippen LogP contribution in [0.1, 0.15) is 23.2 Å². The van der Waals surface area contributed by atoms with Gasteiger partial charge in [0, 0.05) is 52.4 Å². The quantitative estimate of drug-likeness (QED) is 0.855. The van der Waals surface area contributed by atoms with Crippen LogP contribution < -0.4 is 4.90 Å². The molecule has 2 aromatic rings. The van der Waals surface area contributed by atoms with E-state index in [4.69, 9.17) is 0 Å². The van der Waals surface area contributed by atoms with Gasteiger partial charge in [-0.1, -0.05) is 0 Å². The van der Waals surface area contributed by atoms with Crippen molar-refractivity contribution in [3.05, 3.63) is 47.4 Å². The van der Waals surface area contributed by atoms with Gasteiger partial charge in [0.05, 0.1) is 5.69 Å². The zero-order valence-electron chi connectivity index (χ0n) is 13.6. The molecule has 0 N–H and O–H groups in total. The van der Waals surface area contributed by atoms with Crippen LogP contribution >= 0.6 is 0 Å². The maximum Gasteiger partial charge on any atom is 0.223 e. The normalized spacial score (nSPS) is 13.6. The lowest BCUT2D eigenvalue weighted by molar-refractivity contribution is -0.132. The van der Waals surface area contributed by atoms with Crippen molar-refractivity contribution >= 4 is 11.7 Å². The number of aryl methyl sites for hydroxylation is 1. The van der Waals surface area contributed by atoms with Crippen LogP contribution in [0.3, 0.4) is 0 Å². The number of fused-ring (bicyclic) bond motifs is 1. The predicted molar refractivity (Wildman–Crippen MR) is 88.0 cm³/mol. The number of rotatable bonds is 4. The first-order valence-electron chi connectivity index (χ1n) is 7.83. The van der Waals surface area contributed by atoms with Gasteiger partial charge in [-0.05, 0) is 35.7 Å². The second kappa shape index (κ2) is 6.73. The van der Waals surface area contributed by atoms with Crippen LogP contribution in [0.15, 0.2) is 30.6 Å². The molecule has 3 rings (SSSR count). The number of nitrogens with zero attached hydrogens (tertiary/aromatic N) is 5. The topological polar surface area (TPSA) is 62.2 Å². The molecule has 1 aliphatic rings. The van der Waals surface area contributed by atoms with E-state index in [1.807, 2.05) is 42.1 Å². The van der Waals surface area contributed by atoms with Crippen molar-refractivity contribution < 1.29 is 4.79 Å². The summed E-state index contributed by atoms with van der Waals surface area (Å²) in [5.74, 6) is 1.02. The van der Waals surface area contributed by atoms with Crippen LogP contribution in [0.4, 0.5) is 5.82 Å². The Balaban J connectivity index is 1.64. The smallest absolute Gasteiger partial charge is 0.223 e. The molecule has 6 heteroatoms. The average molecular weight is 311 g/mol. The molecular weight excluding hydrogens is 290 g/mol. The highest BCUT2D eigenvalue weighted by Gasteiger charge is 2.22. The van der Waals surface area contributed by atoms with E-state index in [1.54, 1.807) is 12.4 Å². The van der Waals surface area contributed by atoms with Gasteiger partial charge in [-0.2, -0.15) is 5.10 Å². The number of pyridine rings is 1. The molecule has 0 aliphatic carbocycles. The van der Waals surface area contributed by atoms with Gasteiger partial charge in [0.15, 0.2) is 5.82 Å². The minimum absolute atomic E-state index is 0.190. The van der Waals surface area contributed by atoms with Gasteiger partial charge in [-0.25, -0.2) is 0 Å². The molecule has 0 bridgehead atoms. The molecule has 0 spiro atoms. The van der Waals surface area contributed by atoms with E-state index in [-0.39, 0.29) is 5.91 Å². The number of carbonyl (C=O) groups excluding carboxylic acids is 1. The minimum atomic E-state index is 0.190. The Morgan fingerprint density at radius 1 is 1.26 bits per heavy atom. The van der Waals surface area contributed by atoms with Gasteiger partial charge in [-0.15, -0.1) is 5.10 Å². The molecule has 0 unspecified atom stereocenters. The fourth-order valence-electron chi connectivity index (χ4n) is 2.71. The number of aromatic nitrogens is 3. The maximum atomic E-state index is 12.5. The lowest BCUT2D eigenvalue weighted by atomic mass is 10.0. The summed E-state index contributed by atoms with van der Waals surface area (Å²) < 4.78 is 0. The third-order valence-electron chi connectivity index (χ3n) is 4.11. The molecule has 0 aromatic carbocycles. The molecule has 0 fully saturated rings. The second-order valence-electron chi connectivity index (χ2n) is 5.99. The first-order valence-corrected chi connectivity index (χ1v) is 7.83. The predicted octanol–water partition coefficient (Wildman–Crippen LogP) is 1.46. The molecule has 0 saturated carbocycles. The monoisotopic (exact) mass is 311 g/mol. The minimum Gasteiger partial charge on any atom is -0.361 e. The zero-order chi connectivity index (χ0) is 16.2. The van der Waals surface area contributed by atoms with E-state index in [2.05, 4.69) is 15.2 Å². The fraction of sp³-hybridized carbons (Fsp3) is 0.412. The molecule has 23 heavy (non-hydrogen) atoms. The van der Waals surface area contributed by atoms with Crippen molar-refractivity contribution in [2.75, 3.05) is 25.5 Å². The van der Waals surface area contributed by atoms with Crippen LogP contribution in [0.2, 0.25) is 0 Å². The zero-order valence-corrected chi connectivity index (χ0v) is 13.6. The molecule has 1 amide bonds.